The van der Waals surface area contributed by atoms with E-state index in [0.717, 1.165) is 13.2 Å². The van der Waals surface area contributed by atoms with Crippen molar-refractivity contribution in [2.24, 2.45) is 0 Å². The van der Waals surface area contributed by atoms with Crippen molar-refractivity contribution in [3.63, 3.8) is 0 Å². The van der Waals surface area contributed by atoms with E-state index >= 15 is 0 Å². The van der Waals surface area contributed by atoms with Crippen molar-refractivity contribution in [3.05, 3.63) is 6.10 Å². The summed E-state index contributed by atoms with van der Waals surface area (Å²) in [6.45, 7) is 1.71. The molecule has 1 saturated heterocycles. The van der Waals surface area contributed by atoms with Gasteiger partial charge in [0.15, 0.2) is 0 Å². The highest BCUT2D eigenvalue weighted by molar-refractivity contribution is 4.83. The zero-order valence-electron chi connectivity index (χ0n) is 6.84. The van der Waals surface area contributed by atoms with E-state index in [9.17, 15) is 0 Å². The Balaban J connectivity index is 1.59. The quantitative estimate of drug-likeness (QED) is 0.580. The first-order chi connectivity index (χ1) is 5.45. The van der Waals surface area contributed by atoms with Crippen molar-refractivity contribution < 1.29 is 9.47 Å². The maximum Gasteiger partial charge on any atom is 0.104 e. The minimum Gasteiger partial charge on any atom is -0.371 e. The van der Waals surface area contributed by atoms with E-state index in [2.05, 4.69) is 0 Å². The highest BCUT2D eigenvalue weighted by Crippen LogP contribution is 2.27. The van der Waals surface area contributed by atoms with Gasteiger partial charge in [0.1, 0.15) is 6.10 Å². The van der Waals surface area contributed by atoms with E-state index in [-0.39, 0.29) is 0 Å². The van der Waals surface area contributed by atoms with Gasteiger partial charge < -0.3 is 9.47 Å². The zero-order valence-corrected chi connectivity index (χ0v) is 6.84. The Kier molecular flexibility index (Phi) is 2.44. The Hall–Kier alpha value is -0.0800. The number of rotatable bonds is 3. The lowest BCUT2D eigenvalue weighted by molar-refractivity contribution is 0.0987. The van der Waals surface area contributed by atoms with Crippen LogP contribution >= 0.6 is 0 Å². The smallest absolute Gasteiger partial charge is 0.104 e. The van der Waals surface area contributed by atoms with E-state index in [0.29, 0.717) is 6.10 Å². The van der Waals surface area contributed by atoms with Gasteiger partial charge in [-0.05, 0) is 12.8 Å². The van der Waals surface area contributed by atoms with Crippen LogP contribution in [-0.4, -0.2) is 19.3 Å². The van der Waals surface area contributed by atoms with Gasteiger partial charge in [0.25, 0.3) is 0 Å². The Morgan fingerprint density at radius 1 is 1.27 bits per heavy atom. The molecule has 0 amide bonds. The van der Waals surface area contributed by atoms with E-state index < -0.39 is 0 Å². The molecule has 1 atom stereocenters. The number of hydrogen-bond donors (Lipinski definition) is 0. The SMILES string of the molecule is C1CC[C](OCC2CO2)CC1. The summed E-state index contributed by atoms with van der Waals surface area (Å²) in [7, 11) is 0. The van der Waals surface area contributed by atoms with Crippen molar-refractivity contribution in [1.82, 2.24) is 0 Å². The molecule has 1 aliphatic carbocycles. The minimum absolute atomic E-state index is 0.421. The summed E-state index contributed by atoms with van der Waals surface area (Å²) in [5.41, 5.74) is 0. The van der Waals surface area contributed by atoms with Crippen LogP contribution in [0.25, 0.3) is 0 Å². The summed E-state index contributed by atoms with van der Waals surface area (Å²) < 4.78 is 10.7. The molecule has 11 heavy (non-hydrogen) atoms. The fourth-order valence-electron chi connectivity index (χ4n) is 1.47. The Labute approximate surface area is 67.9 Å². The first-order valence-corrected chi connectivity index (χ1v) is 4.54. The molecule has 2 heteroatoms. The van der Waals surface area contributed by atoms with Gasteiger partial charge in [0.05, 0.1) is 19.3 Å². The Morgan fingerprint density at radius 3 is 2.64 bits per heavy atom. The first-order valence-electron chi connectivity index (χ1n) is 4.54. The first kappa shape index (κ1) is 7.56. The van der Waals surface area contributed by atoms with Gasteiger partial charge in [0.2, 0.25) is 0 Å². The molecule has 0 N–H and O–H groups in total. The van der Waals surface area contributed by atoms with Crippen molar-refractivity contribution >= 4 is 0 Å². The summed E-state index contributed by atoms with van der Waals surface area (Å²) in [6, 6.07) is 0. The molecule has 0 aromatic rings. The van der Waals surface area contributed by atoms with Crippen molar-refractivity contribution in [3.8, 4) is 0 Å². The number of epoxide rings is 1. The molecular weight excluding hydrogens is 140 g/mol. The molecule has 0 aromatic carbocycles. The highest BCUT2D eigenvalue weighted by atomic mass is 16.6. The van der Waals surface area contributed by atoms with Gasteiger partial charge in [-0.15, -0.1) is 0 Å². The maximum absolute atomic E-state index is 5.60. The summed E-state index contributed by atoms with van der Waals surface area (Å²) >= 11 is 0. The average Bonchev–Trinajstić information content (AvgIpc) is 2.86. The second-order valence-electron chi connectivity index (χ2n) is 3.37. The second kappa shape index (κ2) is 3.55. The third-order valence-electron chi connectivity index (χ3n) is 2.29. The minimum atomic E-state index is 0.421. The van der Waals surface area contributed by atoms with Crippen LogP contribution in [0.2, 0.25) is 0 Å². The third kappa shape index (κ3) is 2.46. The van der Waals surface area contributed by atoms with Crippen molar-refractivity contribution in [1.29, 1.82) is 0 Å². The van der Waals surface area contributed by atoms with E-state index in [1.54, 1.807) is 0 Å². The van der Waals surface area contributed by atoms with Crippen LogP contribution in [0.1, 0.15) is 32.1 Å². The van der Waals surface area contributed by atoms with Crippen LogP contribution < -0.4 is 0 Å². The van der Waals surface area contributed by atoms with Crippen LogP contribution in [0, 0.1) is 6.10 Å². The molecule has 63 valence electrons. The largest absolute Gasteiger partial charge is 0.371 e. The van der Waals surface area contributed by atoms with Crippen molar-refractivity contribution in [2.75, 3.05) is 13.2 Å². The molecule has 1 aliphatic heterocycles. The van der Waals surface area contributed by atoms with E-state index in [4.69, 9.17) is 9.47 Å². The molecule has 2 nitrogen and oxygen atoms in total. The molecule has 2 aliphatic rings. The van der Waals surface area contributed by atoms with Gasteiger partial charge in [-0.2, -0.15) is 0 Å². The Bertz CT molecular complexity index is 115. The van der Waals surface area contributed by atoms with Crippen LogP contribution in [-0.2, 0) is 9.47 Å². The molecule has 1 heterocycles. The molecular formula is C9H15O2. The normalized spacial score (nSPS) is 32.2. The number of ether oxygens (including phenoxy) is 2. The molecule has 1 unspecified atom stereocenters. The average molecular weight is 155 g/mol. The van der Waals surface area contributed by atoms with Gasteiger partial charge >= 0.3 is 0 Å². The second-order valence-corrected chi connectivity index (χ2v) is 3.37. The summed E-state index contributed by atoms with van der Waals surface area (Å²) in [6.07, 6.45) is 8.13. The summed E-state index contributed by atoms with van der Waals surface area (Å²) in [4.78, 5) is 0. The standard InChI is InChI=1S/C9H15O2/c1-2-4-8(5-3-1)10-6-9-7-11-9/h9H,1-7H2. The lowest BCUT2D eigenvalue weighted by Crippen LogP contribution is -2.11. The topological polar surface area (TPSA) is 21.8 Å². The molecule has 0 aromatic heterocycles. The van der Waals surface area contributed by atoms with Crippen molar-refractivity contribution in [2.45, 2.75) is 38.2 Å². The van der Waals surface area contributed by atoms with Crippen LogP contribution in [0.4, 0.5) is 0 Å². The number of hydrogen-bond acceptors (Lipinski definition) is 2. The predicted molar refractivity (Wildman–Crippen MR) is 42.0 cm³/mol. The van der Waals surface area contributed by atoms with Gasteiger partial charge in [-0.25, -0.2) is 0 Å². The molecule has 0 bridgehead atoms. The fraction of sp³-hybridized carbons (Fsp3) is 0.889. The Morgan fingerprint density at radius 2 is 2.00 bits per heavy atom. The van der Waals surface area contributed by atoms with Gasteiger partial charge in [-0.1, -0.05) is 19.3 Å². The van der Waals surface area contributed by atoms with E-state index in [1.165, 1.54) is 38.2 Å². The third-order valence-corrected chi connectivity index (χ3v) is 2.29. The molecule has 1 saturated carbocycles. The van der Waals surface area contributed by atoms with Crippen LogP contribution in [0.15, 0.2) is 0 Å². The van der Waals surface area contributed by atoms with Crippen LogP contribution in [0.3, 0.4) is 0 Å². The van der Waals surface area contributed by atoms with E-state index in [1.807, 2.05) is 0 Å². The summed E-state index contributed by atoms with van der Waals surface area (Å²) in [5.74, 6) is 0. The molecule has 0 spiro atoms. The predicted octanol–water partition coefficient (Wildman–Crippen LogP) is 1.90. The lowest BCUT2D eigenvalue weighted by atomic mass is 9.98. The fourth-order valence-corrected chi connectivity index (χ4v) is 1.47. The summed E-state index contributed by atoms with van der Waals surface area (Å²) in [5, 5.41) is 0. The lowest BCUT2D eigenvalue weighted by Gasteiger charge is -2.20. The molecule has 2 fully saturated rings. The molecule has 1 radical (unpaired) electrons. The maximum atomic E-state index is 5.60. The highest BCUT2D eigenvalue weighted by Gasteiger charge is 2.25. The molecule has 2 rings (SSSR count). The van der Waals surface area contributed by atoms with Crippen LogP contribution in [0.5, 0.6) is 0 Å². The van der Waals surface area contributed by atoms with Gasteiger partial charge in [0, 0.05) is 0 Å². The van der Waals surface area contributed by atoms with Gasteiger partial charge in [-0.3, -0.25) is 0 Å². The zero-order chi connectivity index (χ0) is 7.52. The monoisotopic (exact) mass is 155 g/mol.